The number of aromatic nitrogens is 2. The van der Waals surface area contributed by atoms with E-state index in [-0.39, 0.29) is 0 Å². The number of nitrogens with two attached hydrogens (primary N) is 1. The van der Waals surface area contributed by atoms with Crippen molar-refractivity contribution in [1.29, 1.82) is 0 Å². The van der Waals surface area contributed by atoms with Gasteiger partial charge in [0, 0.05) is 16.7 Å². The Bertz CT molecular complexity index is 748. The zero-order chi connectivity index (χ0) is 14.1. The quantitative estimate of drug-likeness (QED) is 0.761. The molecule has 3 nitrogen and oxygen atoms in total. The topological polar surface area (TPSA) is 43.8 Å². The molecule has 0 atom stereocenters. The number of para-hydroxylation sites is 1. The van der Waals surface area contributed by atoms with E-state index >= 15 is 0 Å². The van der Waals surface area contributed by atoms with Gasteiger partial charge in [-0.05, 0) is 24.3 Å². The maximum Gasteiger partial charge on any atom is 0.146 e. The van der Waals surface area contributed by atoms with Gasteiger partial charge in [-0.25, -0.2) is 4.68 Å². The van der Waals surface area contributed by atoms with Crippen molar-refractivity contribution < 1.29 is 0 Å². The van der Waals surface area contributed by atoms with Crippen molar-refractivity contribution >= 4 is 29.0 Å². The second kappa shape index (κ2) is 5.19. The molecule has 2 aromatic carbocycles. The van der Waals surface area contributed by atoms with Gasteiger partial charge in [-0.3, -0.25) is 0 Å². The van der Waals surface area contributed by atoms with Crippen LogP contribution in [0.5, 0.6) is 0 Å². The van der Waals surface area contributed by atoms with Crippen molar-refractivity contribution in [2.75, 3.05) is 5.73 Å². The highest BCUT2D eigenvalue weighted by atomic mass is 35.5. The molecule has 100 valence electrons. The smallest absolute Gasteiger partial charge is 0.146 e. The van der Waals surface area contributed by atoms with Gasteiger partial charge in [-0.15, -0.1) is 0 Å². The lowest BCUT2D eigenvalue weighted by atomic mass is 10.1. The van der Waals surface area contributed by atoms with E-state index in [4.69, 9.17) is 28.9 Å². The van der Waals surface area contributed by atoms with Crippen LogP contribution in [0.15, 0.2) is 54.6 Å². The standard InChI is InChI=1S/C15H11Cl2N3/c16-11-7-5-10(6-8-11)14-9-15(18)19-20(14)13-4-2-1-3-12(13)17/h1-9H,(H2,18,19). The Morgan fingerprint density at radius 2 is 1.65 bits per heavy atom. The molecule has 0 spiro atoms. The van der Waals surface area contributed by atoms with Gasteiger partial charge < -0.3 is 5.73 Å². The largest absolute Gasteiger partial charge is 0.382 e. The van der Waals surface area contributed by atoms with Gasteiger partial charge in [0.05, 0.1) is 16.4 Å². The summed E-state index contributed by atoms with van der Waals surface area (Å²) in [5.74, 6) is 0.440. The molecule has 0 unspecified atom stereocenters. The molecule has 0 saturated heterocycles. The first-order valence-corrected chi connectivity index (χ1v) is 6.77. The van der Waals surface area contributed by atoms with E-state index in [9.17, 15) is 0 Å². The number of anilines is 1. The van der Waals surface area contributed by atoms with Gasteiger partial charge in [-0.2, -0.15) is 5.10 Å². The molecular formula is C15H11Cl2N3. The molecule has 2 N–H and O–H groups in total. The summed E-state index contributed by atoms with van der Waals surface area (Å²) < 4.78 is 1.74. The Morgan fingerprint density at radius 1 is 0.950 bits per heavy atom. The van der Waals surface area contributed by atoms with Gasteiger partial charge in [-0.1, -0.05) is 47.5 Å². The summed E-state index contributed by atoms with van der Waals surface area (Å²) in [5, 5.41) is 5.62. The van der Waals surface area contributed by atoms with Crippen molar-refractivity contribution in [3.63, 3.8) is 0 Å². The summed E-state index contributed by atoms with van der Waals surface area (Å²) in [6, 6.07) is 16.8. The van der Waals surface area contributed by atoms with Gasteiger partial charge in [0.1, 0.15) is 5.82 Å². The molecule has 0 aliphatic heterocycles. The fourth-order valence-electron chi connectivity index (χ4n) is 2.03. The molecule has 20 heavy (non-hydrogen) atoms. The van der Waals surface area contributed by atoms with E-state index in [1.54, 1.807) is 4.68 Å². The minimum absolute atomic E-state index is 0.440. The number of hydrogen-bond donors (Lipinski definition) is 1. The molecule has 3 rings (SSSR count). The molecule has 0 radical (unpaired) electrons. The molecule has 0 amide bonds. The van der Waals surface area contributed by atoms with Crippen LogP contribution >= 0.6 is 23.2 Å². The fourth-order valence-corrected chi connectivity index (χ4v) is 2.37. The molecule has 0 aliphatic carbocycles. The van der Waals surface area contributed by atoms with Crippen LogP contribution in [0.4, 0.5) is 5.82 Å². The highest BCUT2D eigenvalue weighted by molar-refractivity contribution is 6.32. The Hall–Kier alpha value is -1.97. The summed E-state index contributed by atoms with van der Waals surface area (Å²) >= 11 is 12.1. The number of benzene rings is 2. The van der Waals surface area contributed by atoms with Crippen LogP contribution in [-0.2, 0) is 0 Å². The van der Waals surface area contributed by atoms with Gasteiger partial charge >= 0.3 is 0 Å². The lowest BCUT2D eigenvalue weighted by Crippen LogP contribution is -2.00. The third kappa shape index (κ3) is 2.38. The van der Waals surface area contributed by atoms with E-state index in [0.717, 1.165) is 16.9 Å². The molecule has 0 fully saturated rings. The maximum atomic E-state index is 6.23. The molecule has 0 aliphatic rings. The summed E-state index contributed by atoms with van der Waals surface area (Å²) in [7, 11) is 0. The van der Waals surface area contributed by atoms with E-state index in [1.807, 2.05) is 54.6 Å². The van der Waals surface area contributed by atoms with Crippen LogP contribution < -0.4 is 5.73 Å². The average Bonchev–Trinajstić information content (AvgIpc) is 2.82. The highest BCUT2D eigenvalue weighted by Crippen LogP contribution is 2.29. The van der Waals surface area contributed by atoms with Gasteiger partial charge in [0.2, 0.25) is 0 Å². The van der Waals surface area contributed by atoms with Crippen LogP contribution in [0.3, 0.4) is 0 Å². The maximum absolute atomic E-state index is 6.23. The Balaban J connectivity index is 2.18. The average molecular weight is 304 g/mol. The van der Waals surface area contributed by atoms with Crippen LogP contribution in [0.1, 0.15) is 0 Å². The molecule has 1 aromatic heterocycles. The lowest BCUT2D eigenvalue weighted by molar-refractivity contribution is 0.894. The predicted molar refractivity (Wildman–Crippen MR) is 83.4 cm³/mol. The summed E-state index contributed by atoms with van der Waals surface area (Å²) in [6.45, 7) is 0. The van der Waals surface area contributed by atoms with Crippen LogP contribution in [0.2, 0.25) is 10.0 Å². The number of hydrogen-bond acceptors (Lipinski definition) is 2. The van der Waals surface area contributed by atoms with E-state index in [1.165, 1.54) is 0 Å². The SMILES string of the molecule is Nc1cc(-c2ccc(Cl)cc2)n(-c2ccccc2Cl)n1. The first kappa shape index (κ1) is 13.0. The van der Waals surface area contributed by atoms with Crippen LogP contribution in [0, 0.1) is 0 Å². The van der Waals surface area contributed by atoms with Crippen molar-refractivity contribution in [3.8, 4) is 16.9 Å². The van der Waals surface area contributed by atoms with Crippen molar-refractivity contribution in [3.05, 3.63) is 64.6 Å². The number of halogens is 2. The molecule has 0 saturated carbocycles. The number of rotatable bonds is 2. The van der Waals surface area contributed by atoms with Crippen LogP contribution in [0.25, 0.3) is 16.9 Å². The molecule has 3 aromatic rings. The Labute approximate surface area is 126 Å². The monoisotopic (exact) mass is 303 g/mol. The number of nitrogens with zero attached hydrogens (tertiary/aromatic N) is 2. The Kier molecular flexibility index (Phi) is 3.38. The van der Waals surface area contributed by atoms with Crippen molar-refractivity contribution in [1.82, 2.24) is 9.78 Å². The van der Waals surface area contributed by atoms with E-state index in [0.29, 0.717) is 15.9 Å². The van der Waals surface area contributed by atoms with E-state index < -0.39 is 0 Å². The summed E-state index contributed by atoms with van der Waals surface area (Å²) in [4.78, 5) is 0. The molecule has 0 bridgehead atoms. The first-order valence-electron chi connectivity index (χ1n) is 6.01. The number of nitrogen functional groups attached to an aromatic ring is 1. The normalized spacial score (nSPS) is 10.7. The highest BCUT2D eigenvalue weighted by Gasteiger charge is 2.12. The second-order valence-electron chi connectivity index (χ2n) is 4.32. The summed E-state index contributed by atoms with van der Waals surface area (Å²) in [6.07, 6.45) is 0. The third-order valence-electron chi connectivity index (χ3n) is 2.95. The van der Waals surface area contributed by atoms with Crippen molar-refractivity contribution in [2.45, 2.75) is 0 Å². The summed E-state index contributed by atoms with van der Waals surface area (Å²) in [5.41, 5.74) is 8.46. The second-order valence-corrected chi connectivity index (χ2v) is 5.17. The first-order chi connectivity index (χ1) is 9.65. The predicted octanol–water partition coefficient (Wildman–Crippen LogP) is 4.43. The molecular weight excluding hydrogens is 293 g/mol. The van der Waals surface area contributed by atoms with E-state index in [2.05, 4.69) is 5.10 Å². The third-order valence-corrected chi connectivity index (χ3v) is 3.52. The van der Waals surface area contributed by atoms with Gasteiger partial charge in [0.25, 0.3) is 0 Å². The zero-order valence-electron chi connectivity index (χ0n) is 10.4. The van der Waals surface area contributed by atoms with Gasteiger partial charge in [0.15, 0.2) is 0 Å². The molecule has 5 heteroatoms. The fraction of sp³-hybridized carbons (Fsp3) is 0. The lowest BCUT2D eigenvalue weighted by Gasteiger charge is -2.09. The zero-order valence-corrected chi connectivity index (χ0v) is 11.9. The molecule has 1 heterocycles. The Morgan fingerprint density at radius 3 is 2.35 bits per heavy atom. The van der Waals surface area contributed by atoms with Crippen molar-refractivity contribution in [2.24, 2.45) is 0 Å². The minimum Gasteiger partial charge on any atom is -0.382 e. The minimum atomic E-state index is 0.440. The van der Waals surface area contributed by atoms with Crippen LogP contribution in [-0.4, -0.2) is 9.78 Å².